The molecule has 1 aliphatic rings. The van der Waals surface area contributed by atoms with Crippen molar-refractivity contribution in [2.75, 3.05) is 13.7 Å². The van der Waals surface area contributed by atoms with E-state index < -0.39 is 0 Å². The molecule has 1 aliphatic heterocycles. The summed E-state index contributed by atoms with van der Waals surface area (Å²) in [7, 11) is 2.18. The van der Waals surface area contributed by atoms with E-state index in [1.807, 2.05) is 0 Å². The fraction of sp³-hybridized carbons (Fsp3) is 0.625. The van der Waals surface area contributed by atoms with Gasteiger partial charge in [-0.2, -0.15) is 0 Å². The van der Waals surface area contributed by atoms with Crippen molar-refractivity contribution in [2.45, 2.75) is 50.9 Å². The summed E-state index contributed by atoms with van der Waals surface area (Å²) < 4.78 is 6.82. The van der Waals surface area contributed by atoms with Crippen LogP contribution in [-0.4, -0.2) is 36.7 Å². The first kappa shape index (κ1) is 16.0. The van der Waals surface area contributed by atoms with Crippen LogP contribution in [0.1, 0.15) is 38.3 Å². The molecule has 0 aromatic heterocycles. The number of hydrogen-bond donors (Lipinski definition) is 1. The van der Waals surface area contributed by atoms with E-state index >= 15 is 0 Å². The second-order valence-electron chi connectivity index (χ2n) is 5.67. The summed E-state index contributed by atoms with van der Waals surface area (Å²) in [5.74, 6) is 0. The third-order valence-electron chi connectivity index (χ3n) is 4.39. The number of rotatable bonds is 5. The lowest BCUT2D eigenvalue weighted by Gasteiger charge is -2.38. The van der Waals surface area contributed by atoms with Crippen molar-refractivity contribution >= 4 is 15.9 Å². The quantitative estimate of drug-likeness (QED) is 0.893. The molecule has 112 valence electrons. The third kappa shape index (κ3) is 3.42. The fourth-order valence-electron chi connectivity index (χ4n) is 3.13. The maximum Gasteiger partial charge on any atom is 0.0703 e. The van der Waals surface area contributed by atoms with Crippen LogP contribution in [0.15, 0.2) is 28.7 Å². The Hall–Kier alpha value is -0.420. The van der Waals surface area contributed by atoms with Gasteiger partial charge in [0.1, 0.15) is 0 Å². The summed E-state index contributed by atoms with van der Waals surface area (Å²) in [6.45, 7) is 5.16. The molecule has 0 amide bonds. The minimum atomic E-state index is 0.133. The lowest BCUT2D eigenvalue weighted by molar-refractivity contribution is 0.0608. The van der Waals surface area contributed by atoms with E-state index in [2.05, 4.69) is 66.0 Å². The first-order chi connectivity index (χ1) is 9.54. The number of benzene rings is 1. The predicted octanol–water partition coefficient (Wildman–Crippen LogP) is 3.34. The van der Waals surface area contributed by atoms with Crippen LogP contribution in [0.5, 0.6) is 0 Å². The van der Waals surface area contributed by atoms with Gasteiger partial charge in [-0.15, -0.1) is 0 Å². The van der Waals surface area contributed by atoms with Crippen LogP contribution in [0.2, 0.25) is 0 Å². The fourth-order valence-corrected chi connectivity index (χ4v) is 3.39. The van der Waals surface area contributed by atoms with E-state index in [1.165, 1.54) is 5.56 Å². The SMILES string of the molecule is CCC(N)C(c1ccc(Br)cc1)N(C)C1CCOC1C. The molecule has 3 nitrogen and oxygen atoms in total. The summed E-state index contributed by atoms with van der Waals surface area (Å²) in [5, 5.41) is 0. The van der Waals surface area contributed by atoms with Crippen molar-refractivity contribution in [3.8, 4) is 0 Å². The molecule has 20 heavy (non-hydrogen) atoms. The lowest BCUT2D eigenvalue weighted by atomic mass is 9.94. The monoisotopic (exact) mass is 340 g/mol. The number of ether oxygens (including phenoxy) is 1. The topological polar surface area (TPSA) is 38.5 Å². The molecule has 1 saturated heterocycles. The van der Waals surface area contributed by atoms with Crippen molar-refractivity contribution in [1.82, 2.24) is 4.90 Å². The highest BCUT2D eigenvalue weighted by molar-refractivity contribution is 9.10. The zero-order chi connectivity index (χ0) is 14.7. The molecule has 2 rings (SSSR count). The van der Waals surface area contributed by atoms with E-state index in [4.69, 9.17) is 10.5 Å². The Balaban J connectivity index is 2.25. The lowest BCUT2D eigenvalue weighted by Crippen LogP contribution is -2.46. The molecule has 1 aromatic carbocycles. The van der Waals surface area contributed by atoms with Crippen molar-refractivity contribution in [1.29, 1.82) is 0 Å². The highest BCUT2D eigenvalue weighted by Crippen LogP contribution is 2.31. The maximum atomic E-state index is 6.41. The largest absolute Gasteiger partial charge is 0.377 e. The Bertz CT molecular complexity index is 423. The van der Waals surface area contributed by atoms with Crippen LogP contribution in [0.3, 0.4) is 0 Å². The summed E-state index contributed by atoms with van der Waals surface area (Å²) >= 11 is 3.50. The molecule has 0 aliphatic carbocycles. The standard InChI is InChI=1S/C16H25BrN2O/c1-4-14(18)16(12-5-7-13(17)8-6-12)19(3)15-9-10-20-11(15)2/h5-8,11,14-16H,4,9-10,18H2,1-3H3. The van der Waals surface area contributed by atoms with Crippen LogP contribution in [0.25, 0.3) is 0 Å². The molecule has 4 unspecified atom stereocenters. The Labute approximate surface area is 130 Å². The normalized spacial score (nSPS) is 25.9. The summed E-state index contributed by atoms with van der Waals surface area (Å²) in [5.41, 5.74) is 7.69. The first-order valence-electron chi connectivity index (χ1n) is 7.39. The summed E-state index contributed by atoms with van der Waals surface area (Å²) in [6, 6.07) is 9.33. The molecule has 0 bridgehead atoms. The van der Waals surface area contributed by atoms with Crippen LogP contribution < -0.4 is 5.73 Å². The van der Waals surface area contributed by atoms with Crippen molar-refractivity contribution < 1.29 is 4.74 Å². The Morgan fingerprint density at radius 3 is 2.55 bits per heavy atom. The van der Waals surface area contributed by atoms with Crippen LogP contribution in [-0.2, 0) is 4.74 Å². The van der Waals surface area contributed by atoms with E-state index in [1.54, 1.807) is 0 Å². The summed E-state index contributed by atoms with van der Waals surface area (Å²) in [6.07, 6.45) is 2.33. The molecular weight excluding hydrogens is 316 g/mol. The van der Waals surface area contributed by atoms with Gasteiger partial charge in [0.05, 0.1) is 6.10 Å². The van der Waals surface area contributed by atoms with Gasteiger partial charge in [-0.3, -0.25) is 4.90 Å². The van der Waals surface area contributed by atoms with Crippen molar-refractivity contribution in [3.63, 3.8) is 0 Å². The van der Waals surface area contributed by atoms with Gasteiger partial charge in [-0.1, -0.05) is 35.0 Å². The van der Waals surface area contributed by atoms with Crippen LogP contribution >= 0.6 is 15.9 Å². The zero-order valence-corrected chi connectivity index (χ0v) is 14.1. The number of nitrogens with zero attached hydrogens (tertiary/aromatic N) is 1. The average molecular weight is 341 g/mol. The molecule has 0 spiro atoms. The highest BCUT2D eigenvalue weighted by atomic mass is 79.9. The predicted molar refractivity (Wildman–Crippen MR) is 86.7 cm³/mol. The minimum absolute atomic E-state index is 0.133. The number of likely N-dealkylation sites (N-methyl/N-ethyl adjacent to an activating group) is 1. The Morgan fingerprint density at radius 2 is 2.05 bits per heavy atom. The number of nitrogens with two attached hydrogens (primary N) is 1. The first-order valence-corrected chi connectivity index (χ1v) is 8.18. The van der Waals surface area contributed by atoms with Crippen molar-refractivity contribution in [3.05, 3.63) is 34.3 Å². The van der Waals surface area contributed by atoms with Gasteiger partial charge in [0.2, 0.25) is 0 Å². The van der Waals surface area contributed by atoms with Gasteiger partial charge in [-0.25, -0.2) is 0 Å². The molecule has 4 heteroatoms. The van der Waals surface area contributed by atoms with Gasteiger partial charge in [0.15, 0.2) is 0 Å². The summed E-state index contributed by atoms with van der Waals surface area (Å²) in [4.78, 5) is 2.41. The number of hydrogen-bond acceptors (Lipinski definition) is 3. The van der Waals surface area contributed by atoms with Gasteiger partial charge in [-0.05, 0) is 44.5 Å². The molecule has 1 fully saturated rings. The van der Waals surface area contributed by atoms with Gasteiger partial charge >= 0.3 is 0 Å². The molecule has 0 radical (unpaired) electrons. The third-order valence-corrected chi connectivity index (χ3v) is 4.92. The zero-order valence-electron chi connectivity index (χ0n) is 12.6. The second kappa shape index (κ2) is 7.03. The van der Waals surface area contributed by atoms with Crippen molar-refractivity contribution in [2.24, 2.45) is 5.73 Å². The van der Waals surface area contributed by atoms with Gasteiger partial charge in [0.25, 0.3) is 0 Å². The van der Waals surface area contributed by atoms with E-state index in [-0.39, 0.29) is 18.2 Å². The molecular formula is C16H25BrN2O. The van der Waals surface area contributed by atoms with Crippen LogP contribution in [0.4, 0.5) is 0 Å². The average Bonchev–Trinajstić information content (AvgIpc) is 2.87. The van der Waals surface area contributed by atoms with Crippen LogP contribution in [0, 0.1) is 0 Å². The second-order valence-corrected chi connectivity index (χ2v) is 6.58. The maximum absolute atomic E-state index is 6.41. The molecule has 0 saturated carbocycles. The van der Waals surface area contributed by atoms with E-state index in [0.717, 1.165) is 23.9 Å². The Morgan fingerprint density at radius 1 is 1.40 bits per heavy atom. The molecule has 2 N–H and O–H groups in total. The highest BCUT2D eigenvalue weighted by Gasteiger charge is 2.34. The van der Waals surface area contributed by atoms with Gasteiger partial charge < -0.3 is 10.5 Å². The smallest absolute Gasteiger partial charge is 0.0703 e. The van der Waals surface area contributed by atoms with E-state index in [9.17, 15) is 0 Å². The Kier molecular flexibility index (Phi) is 5.61. The van der Waals surface area contributed by atoms with Gasteiger partial charge in [0, 0.05) is 29.2 Å². The number of halogens is 1. The molecule has 1 heterocycles. The minimum Gasteiger partial charge on any atom is -0.377 e. The van der Waals surface area contributed by atoms with E-state index in [0.29, 0.717) is 6.04 Å². The molecule has 4 atom stereocenters. The molecule has 1 aromatic rings.